The number of aromatic nitrogens is 2. The van der Waals surface area contributed by atoms with Crippen molar-refractivity contribution in [3.05, 3.63) is 42.0 Å². The van der Waals surface area contributed by atoms with Crippen LogP contribution in [0.4, 0.5) is 5.69 Å². The molecule has 0 unspecified atom stereocenters. The summed E-state index contributed by atoms with van der Waals surface area (Å²) >= 11 is 0. The lowest BCUT2D eigenvalue weighted by Crippen LogP contribution is -2.44. The van der Waals surface area contributed by atoms with Crippen molar-refractivity contribution >= 4 is 23.2 Å². The molecule has 1 fully saturated rings. The molecule has 2 aliphatic rings. The van der Waals surface area contributed by atoms with Gasteiger partial charge in [0.2, 0.25) is 11.8 Å². The zero-order chi connectivity index (χ0) is 18.8. The number of aryl methyl sites for hydroxylation is 1. The van der Waals surface area contributed by atoms with E-state index >= 15 is 0 Å². The SMILES string of the molecule is Cc1noc(C2CCN(C(=O)C3=NN(c4ccccc4)C(=O)CC3)CC2)n1. The predicted octanol–water partition coefficient (Wildman–Crippen LogP) is 2.27. The third kappa shape index (κ3) is 3.60. The number of likely N-dealkylation sites (tertiary alicyclic amines) is 1. The normalized spacial score (nSPS) is 18.6. The van der Waals surface area contributed by atoms with Crippen LogP contribution in [0.3, 0.4) is 0 Å². The van der Waals surface area contributed by atoms with Crippen molar-refractivity contribution in [3.8, 4) is 0 Å². The Morgan fingerprint density at radius 3 is 2.56 bits per heavy atom. The Morgan fingerprint density at radius 1 is 1.15 bits per heavy atom. The minimum atomic E-state index is -0.0942. The van der Waals surface area contributed by atoms with E-state index in [0.29, 0.717) is 42.6 Å². The molecule has 0 atom stereocenters. The number of carbonyl (C=O) groups excluding carboxylic acids is 2. The van der Waals surface area contributed by atoms with Gasteiger partial charge in [0.15, 0.2) is 5.82 Å². The van der Waals surface area contributed by atoms with Gasteiger partial charge in [0.1, 0.15) is 5.71 Å². The quantitative estimate of drug-likeness (QED) is 0.830. The molecule has 0 bridgehead atoms. The molecule has 3 heterocycles. The van der Waals surface area contributed by atoms with Gasteiger partial charge in [0.05, 0.1) is 5.69 Å². The number of para-hydroxylation sites is 1. The van der Waals surface area contributed by atoms with Crippen molar-refractivity contribution in [1.29, 1.82) is 0 Å². The van der Waals surface area contributed by atoms with Gasteiger partial charge >= 0.3 is 0 Å². The van der Waals surface area contributed by atoms with Crippen LogP contribution in [0.5, 0.6) is 0 Å². The molecule has 1 aromatic carbocycles. The van der Waals surface area contributed by atoms with Gasteiger partial charge in [-0.15, -0.1) is 0 Å². The van der Waals surface area contributed by atoms with Crippen LogP contribution in [-0.4, -0.2) is 45.7 Å². The monoisotopic (exact) mass is 367 g/mol. The molecule has 2 aliphatic heterocycles. The summed E-state index contributed by atoms with van der Waals surface area (Å²) in [6, 6.07) is 9.19. The summed E-state index contributed by atoms with van der Waals surface area (Å²) in [7, 11) is 0. The molecule has 0 aliphatic carbocycles. The molecule has 140 valence electrons. The Morgan fingerprint density at radius 2 is 1.89 bits per heavy atom. The number of carbonyl (C=O) groups is 2. The molecule has 4 rings (SSSR count). The van der Waals surface area contributed by atoms with E-state index in [4.69, 9.17) is 4.52 Å². The highest BCUT2D eigenvalue weighted by Crippen LogP contribution is 2.27. The second kappa shape index (κ2) is 7.30. The summed E-state index contributed by atoms with van der Waals surface area (Å²) in [5, 5.41) is 9.54. The van der Waals surface area contributed by atoms with Gasteiger partial charge in [-0.25, -0.2) is 5.01 Å². The average Bonchev–Trinajstić information content (AvgIpc) is 3.15. The number of hydrazone groups is 1. The molecule has 0 radical (unpaired) electrons. The lowest BCUT2D eigenvalue weighted by Gasteiger charge is -2.32. The van der Waals surface area contributed by atoms with Gasteiger partial charge < -0.3 is 9.42 Å². The molecule has 27 heavy (non-hydrogen) atoms. The second-order valence-electron chi connectivity index (χ2n) is 6.83. The third-order valence-electron chi connectivity index (χ3n) is 4.95. The first-order valence-corrected chi connectivity index (χ1v) is 9.17. The Bertz CT molecular complexity index is 868. The van der Waals surface area contributed by atoms with Gasteiger partial charge in [-0.3, -0.25) is 9.59 Å². The van der Waals surface area contributed by atoms with E-state index in [0.717, 1.165) is 12.8 Å². The number of anilines is 1. The van der Waals surface area contributed by atoms with Gasteiger partial charge in [0, 0.05) is 31.8 Å². The maximum atomic E-state index is 12.9. The largest absolute Gasteiger partial charge is 0.339 e. The van der Waals surface area contributed by atoms with Gasteiger partial charge in [0.25, 0.3) is 5.91 Å². The Hall–Kier alpha value is -3.03. The van der Waals surface area contributed by atoms with Crippen LogP contribution in [-0.2, 0) is 9.59 Å². The van der Waals surface area contributed by atoms with Crippen LogP contribution in [0.2, 0.25) is 0 Å². The van der Waals surface area contributed by atoms with Gasteiger partial charge in [-0.1, -0.05) is 23.4 Å². The van der Waals surface area contributed by atoms with Crippen LogP contribution in [0.15, 0.2) is 40.0 Å². The van der Waals surface area contributed by atoms with E-state index in [2.05, 4.69) is 15.2 Å². The van der Waals surface area contributed by atoms with E-state index in [1.54, 1.807) is 11.8 Å². The first-order valence-electron chi connectivity index (χ1n) is 9.17. The maximum absolute atomic E-state index is 12.9. The smallest absolute Gasteiger partial charge is 0.270 e. The molecule has 1 saturated heterocycles. The molecule has 0 N–H and O–H groups in total. The molecule has 2 amide bonds. The van der Waals surface area contributed by atoms with Crippen LogP contribution in [0.1, 0.15) is 43.3 Å². The van der Waals surface area contributed by atoms with Crippen molar-refractivity contribution in [2.45, 2.75) is 38.5 Å². The third-order valence-corrected chi connectivity index (χ3v) is 4.95. The fourth-order valence-corrected chi connectivity index (χ4v) is 3.47. The minimum Gasteiger partial charge on any atom is -0.339 e. The lowest BCUT2D eigenvalue weighted by molar-refractivity contribution is -0.125. The standard InChI is InChI=1S/C19H21N5O3/c1-13-20-18(27-22-13)14-9-11-23(12-10-14)19(26)16-7-8-17(25)24(21-16)15-5-3-2-4-6-15/h2-6,14H,7-12H2,1H3. The van der Waals surface area contributed by atoms with Crippen LogP contribution in [0.25, 0.3) is 0 Å². The number of nitrogens with zero attached hydrogens (tertiary/aromatic N) is 5. The van der Waals surface area contributed by atoms with E-state index in [1.807, 2.05) is 30.3 Å². The number of hydrogen-bond donors (Lipinski definition) is 0. The highest BCUT2D eigenvalue weighted by atomic mass is 16.5. The molecular formula is C19H21N5O3. The minimum absolute atomic E-state index is 0.0939. The fraction of sp³-hybridized carbons (Fsp3) is 0.421. The van der Waals surface area contributed by atoms with Crippen molar-refractivity contribution in [2.75, 3.05) is 18.1 Å². The number of amides is 2. The number of rotatable bonds is 3. The van der Waals surface area contributed by atoms with Crippen molar-refractivity contribution in [3.63, 3.8) is 0 Å². The fourth-order valence-electron chi connectivity index (χ4n) is 3.47. The zero-order valence-corrected chi connectivity index (χ0v) is 15.2. The summed E-state index contributed by atoms with van der Waals surface area (Å²) in [6.45, 7) is 3.03. The second-order valence-corrected chi connectivity index (χ2v) is 6.83. The van der Waals surface area contributed by atoms with Crippen LogP contribution < -0.4 is 5.01 Å². The Labute approximate surface area is 156 Å². The summed E-state index contributed by atoms with van der Waals surface area (Å²) in [5.74, 6) is 1.28. The van der Waals surface area contributed by atoms with E-state index in [1.165, 1.54) is 5.01 Å². The van der Waals surface area contributed by atoms with Gasteiger partial charge in [-0.2, -0.15) is 10.1 Å². The lowest BCUT2D eigenvalue weighted by atomic mass is 9.96. The zero-order valence-electron chi connectivity index (χ0n) is 15.2. The summed E-state index contributed by atoms with van der Waals surface area (Å²) in [4.78, 5) is 31.2. The molecule has 2 aromatic rings. The molecule has 1 aromatic heterocycles. The number of benzene rings is 1. The van der Waals surface area contributed by atoms with Crippen molar-refractivity contribution in [2.24, 2.45) is 5.10 Å². The molecule has 8 heteroatoms. The topological polar surface area (TPSA) is 91.9 Å². The highest BCUT2D eigenvalue weighted by molar-refractivity contribution is 6.40. The predicted molar refractivity (Wildman–Crippen MR) is 98.2 cm³/mol. The number of piperidine rings is 1. The van der Waals surface area contributed by atoms with Crippen molar-refractivity contribution in [1.82, 2.24) is 15.0 Å². The van der Waals surface area contributed by atoms with E-state index < -0.39 is 0 Å². The van der Waals surface area contributed by atoms with Crippen LogP contribution >= 0.6 is 0 Å². The summed E-state index contributed by atoms with van der Waals surface area (Å²) in [6.07, 6.45) is 2.23. The van der Waals surface area contributed by atoms with Crippen molar-refractivity contribution < 1.29 is 14.1 Å². The molecule has 0 saturated carbocycles. The molecule has 8 nitrogen and oxygen atoms in total. The highest BCUT2D eigenvalue weighted by Gasteiger charge is 2.32. The van der Waals surface area contributed by atoms with Crippen LogP contribution in [0, 0.1) is 6.92 Å². The first kappa shape index (κ1) is 17.4. The molecule has 0 spiro atoms. The Balaban J connectivity index is 1.44. The first-order chi connectivity index (χ1) is 13.1. The average molecular weight is 367 g/mol. The molecular weight excluding hydrogens is 346 g/mol. The summed E-state index contributed by atoms with van der Waals surface area (Å²) < 4.78 is 5.26. The van der Waals surface area contributed by atoms with E-state index in [9.17, 15) is 9.59 Å². The van der Waals surface area contributed by atoms with Gasteiger partial charge in [-0.05, 0) is 31.9 Å². The number of hydrogen-bond acceptors (Lipinski definition) is 6. The summed E-state index contributed by atoms with van der Waals surface area (Å²) in [5.41, 5.74) is 1.11. The maximum Gasteiger partial charge on any atom is 0.270 e. The van der Waals surface area contributed by atoms with E-state index in [-0.39, 0.29) is 24.2 Å². The Kier molecular flexibility index (Phi) is 4.70.